The predicted octanol–water partition coefficient (Wildman–Crippen LogP) is 1.74. The fourth-order valence-electron chi connectivity index (χ4n) is 2.08. The Morgan fingerprint density at radius 3 is 2.69 bits per heavy atom. The first-order valence-corrected chi connectivity index (χ1v) is 7.31. The molecule has 1 saturated heterocycles. The summed E-state index contributed by atoms with van der Waals surface area (Å²) in [6, 6.07) is 0. The van der Waals surface area contributed by atoms with Crippen molar-refractivity contribution in [3.63, 3.8) is 0 Å². The van der Waals surface area contributed by atoms with Crippen molar-refractivity contribution in [3.05, 3.63) is 10.9 Å². The van der Waals surface area contributed by atoms with Gasteiger partial charge in [0.05, 0.1) is 6.33 Å². The summed E-state index contributed by atoms with van der Waals surface area (Å²) in [5.74, 6) is 0. The van der Waals surface area contributed by atoms with Gasteiger partial charge in [0.2, 0.25) is 0 Å². The van der Waals surface area contributed by atoms with Crippen molar-refractivity contribution in [1.29, 1.82) is 0 Å². The lowest BCUT2D eigenvalue weighted by atomic mass is 10.0. The fourth-order valence-corrected chi connectivity index (χ4v) is 4.71. The molecule has 1 aliphatic rings. The van der Waals surface area contributed by atoms with Gasteiger partial charge in [0.25, 0.3) is 10.0 Å². The number of hydrogen-bond acceptors (Lipinski definition) is 3. The molecule has 2 rings (SSSR count). The third-order valence-corrected chi connectivity index (χ3v) is 5.88. The van der Waals surface area contributed by atoms with Crippen LogP contribution in [0, 0.1) is 0 Å². The first-order valence-electron chi connectivity index (χ1n) is 5.07. The number of nitrogens with one attached hydrogen (secondary N) is 1. The number of hydrogen-bond donors (Lipinski definition) is 1. The van der Waals surface area contributed by atoms with Crippen molar-refractivity contribution in [2.45, 2.75) is 37.3 Å². The Morgan fingerprint density at radius 2 is 2.25 bits per heavy atom. The Bertz CT molecular complexity index is 495. The van der Waals surface area contributed by atoms with E-state index in [2.05, 4.69) is 25.9 Å². The Kier molecular flexibility index (Phi) is 2.88. The summed E-state index contributed by atoms with van der Waals surface area (Å²) in [7, 11) is -3.47. The summed E-state index contributed by atoms with van der Waals surface area (Å²) in [4.78, 5) is 6.53. The van der Waals surface area contributed by atoms with E-state index in [1.54, 1.807) is 0 Å². The maximum absolute atomic E-state index is 12.4. The topological polar surface area (TPSA) is 66.1 Å². The molecule has 5 nitrogen and oxygen atoms in total. The molecule has 0 unspecified atom stereocenters. The molecule has 0 aromatic carbocycles. The average Bonchev–Trinajstić information content (AvgIpc) is 2.71. The number of nitrogens with zero attached hydrogens (tertiary/aromatic N) is 2. The molecule has 1 fully saturated rings. The molecule has 2 heterocycles. The number of aromatic amines is 1. The minimum absolute atomic E-state index is 0.141. The quantitative estimate of drug-likeness (QED) is 0.905. The molecule has 16 heavy (non-hydrogen) atoms. The molecule has 1 aromatic rings. The summed E-state index contributed by atoms with van der Waals surface area (Å²) >= 11 is 3.14. The van der Waals surface area contributed by atoms with Crippen LogP contribution in [0.25, 0.3) is 0 Å². The van der Waals surface area contributed by atoms with Crippen LogP contribution in [0.3, 0.4) is 0 Å². The van der Waals surface area contributed by atoms with E-state index in [1.807, 2.05) is 13.8 Å². The number of halogens is 1. The van der Waals surface area contributed by atoms with Gasteiger partial charge in [-0.3, -0.25) is 0 Å². The largest absolute Gasteiger partial charge is 0.334 e. The summed E-state index contributed by atoms with van der Waals surface area (Å²) < 4.78 is 26.6. The van der Waals surface area contributed by atoms with E-state index >= 15 is 0 Å². The first-order chi connectivity index (χ1) is 7.36. The number of sulfonamides is 1. The highest BCUT2D eigenvalue weighted by Crippen LogP contribution is 2.34. The van der Waals surface area contributed by atoms with Gasteiger partial charge in [-0.25, -0.2) is 13.4 Å². The minimum atomic E-state index is -3.47. The normalized spacial score (nSPS) is 21.4. The molecule has 0 amide bonds. The Labute approximate surface area is 103 Å². The maximum atomic E-state index is 12.4. The van der Waals surface area contributed by atoms with Crippen LogP contribution in [-0.2, 0) is 10.0 Å². The standard InChI is InChI=1S/C9H14BrN3O2S/c1-9(2)4-3-5-13(9)16(14,15)8-7(10)11-6-12-8/h6H,3-5H2,1-2H3,(H,11,12). The summed E-state index contributed by atoms with van der Waals surface area (Å²) in [6.07, 6.45) is 3.16. The van der Waals surface area contributed by atoms with Gasteiger partial charge in [0.15, 0.2) is 5.03 Å². The number of H-pyrrole nitrogens is 1. The number of imidazole rings is 1. The highest BCUT2D eigenvalue weighted by Gasteiger charge is 2.42. The minimum Gasteiger partial charge on any atom is -0.334 e. The lowest BCUT2D eigenvalue weighted by Crippen LogP contribution is -2.42. The molecular formula is C9H14BrN3O2S. The monoisotopic (exact) mass is 307 g/mol. The number of rotatable bonds is 2. The Hall–Kier alpha value is -0.400. The Morgan fingerprint density at radius 1 is 1.56 bits per heavy atom. The lowest BCUT2D eigenvalue weighted by Gasteiger charge is -2.29. The molecule has 0 aliphatic carbocycles. The molecule has 0 atom stereocenters. The van der Waals surface area contributed by atoms with Gasteiger partial charge in [-0.2, -0.15) is 4.31 Å². The predicted molar refractivity (Wildman–Crippen MR) is 63.5 cm³/mol. The molecule has 0 saturated carbocycles. The molecule has 1 aromatic heterocycles. The van der Waals surface area contributed by atoms with Crippen LogP contribution in [0.15, 0.2) is 16.0 Å². The van der Waals surface area contributed by atoms with Crippen LogP contribution in [-0.4, -0.2) is 34.8 Å². The zero-order valence-corrected chi connectivity index (χ0v) is 11.6. The van der Waals surface area contributed by atoms with Gasteiger partial charge in [0, 0.05) is 12.1 Å². The van der Waals surface area contributed by atoms with Crippen LogP contribution >= 0.6 is 15.9 Å². The van der Waals surface area contributed by atoms with Gasteiger partial charge >= 0.3 is 0 Å². The van der Waals surface area contributed by atoms with E-state index in [0.717, 1.165) is 12.8 Å². The summed E-state index contributed by atoms with van der Waals surface area (Å²) in [5, 5.41) is 0.141. The molecule has 7 heteroatoms. The summed E-state index contributed by atoms with van der Waals surface area (Å²) in [5.41, 5.74) is -0.316. The van der Waals surface area contributed by atoms with E-state index < -0.39 is 10.0 Å². The van der Waals surface area contributed by atoms with Crippen molar-refractivity contribution >= 4 is 26.0 Å². The second-order valence-electron chi connectivity index (χ2n) is 4.52. The van der Waals surface area contributed by atoms with E-state index in [0.29, 0.717) is 11.1 Å². The van der Waals surface area contributed by atoms with Crippen molar-refractivity contribution < 1.29 is 8.42 Å². The van der Waals surface area contributed by atoms with Crippen molar-refractivity contribution in [1.82, 2.24) is 14.3 Å². The summed E-state index contributed by atoms with van der Waals surface area (Å²) in [6.45, 7) is 4.46. The van der Waals surface area contributed by atoms with Crippen LogP contribution in [0.5, 0.6) is 0 Å². The van der Waals surface area contributed by atoms with Crippen LogP contribution < -0.4 is 0 Å². The van der Waals surface area contributed by atoms with Gasteiger partial charge in [-0.1, -0.05) is 0 Å². The molecule has 1 N–H and O–H groups in total. The zero-order chi connectivity index (χ0) is 12.0. The molecular weight excluding hydrogens is 294 g/mol. The van der Waals surface area contributed by atoms with Crippen LogP contribution in [0.4, 0.5) is 0 Å². The van der Waals surface area contributed by atoms with Gasteiger partial charge in [-0.15, -0.1) is 0 Å². The van der Waals surface area contributed by atoms with E-state index in [9.17, 15) is 8.42 Å². The van der Waals surface area contributed by atoms with Crippen LogP contribution in [0.1, 0.15) is 26.7 Å². The molecule has 0 spiro atoms. The highest BCUT2D eigenvalue weighted by molar-refractivity contribution is 9.10. The van der Waals surface area contributed by atoms with Crippen molar-refractivity contribution in [2.75, 3.05) is 6.54 Å². The third kappa shape index (κ3) is 1.80. The zero-order valence-electron chi connectivity index (χ0n) is 9.20. The lowest BCUT2D eigenvalue weighted by molar-refractivity contribution is 0.291. The number of aromatic nitrogens is 2. The SMILES string of the molecule is CC1(C)CCCN1S(=O)(=O)c1[nH]cnc1Br. The molecule has 0 radical (unpaired) electrons. The molecule has 90 valence electrons. The third-order valence-electron chi connectivity index (χ3n) is 2.93. The fraction of sp³-hybridized carbons (Fsp3) is 0.667. The highest BCUT2D eigenvalue weighted by atomic mass is 79.9. The molecule has 1 aliphatic heterocycles. The van der Waals surface area contributed by atoms with E-state index in [-0.39, 0.29) is 10.6 Å². The van der Waals surface area contributed by atoms with Crippen molar-refractivity contribution in [2.24, 2.45) is 0 Å². The maximum Gasteiger partial charge on any atom is 0.261 e. The smallest absolute Gasteiger partial charge is 0.261 e. The van der Waals surface area contributed by atoms with Crippen LogP contribution in [0.2, 0.25) is 0 Å². The Balaban J connectivity index is 2.45. The van der Waals surface area contributed by atoms with E-state index in [1.165, 1.54) is 10.6 Å². The van der Waals surface area contributed by atoms with Gasteiger partial charge in [-0.05, 0) is 42.6 Å². The van der Waals surface area contributed by atoms with Crippen molar-refractivity contribution in [3.8, 4) is 0 Å². The van der Waals surface area contributed by atoms with Gasteiger partial charge in [0.1, 0.15) is 4.60 Å². The second-order valence-corrected chi connectivity index (χ2v) is 7.07. The average molecular weight is 308 g/mol. The van der Waals surface area contributed by atoms with Gasteiger partial charge < -0.3 is 4.98 Å². The second kappa shape index (κ2) is 3.82. The molecule has 0 bridgehead atoms. The first kappa shape index (κ1) is 12.1. The van der Waals surface area contributed by atoms with E-state index in [4.69, 9.17) is 0 Å².